The van der Waals surface area contributed by atoms with E-state index in [1.807, 2.05) is 6.92 Å². The lowest BCUT2D eigenvalue weighted by molar-refractivity contribution is 0.0585. The minimum absolute atomic E-state index is 0.0457. The van der Waals surface area contributed by atoms with Crippen LogP contribution in [-0.2, 0) is 24.8 Å². The number of hydrogen-bond donors (Lipinski definition) is 0. The Morgan fingerprint density at radius 3 is 2.72 bits per heavy atom. The summed E-state index contributed by atoms with van der Waals surface area (Å²) in [6, 6.07) is 1.79. The first kappa shape index (κ1) is 20.8. The number of amides is 1. The van der Waals surface area contributed by atoms with E-state index in [1.165, 1.54) is 7.11 Å². The molecule has 1 aliphatic heterocycles. The number of aromatic nitrogens is 2. The zero-order valence-corrected chi connectivity index (χ0v) is 17.6. The van der Waals surface area contributed by atoms with Gasteiger partial charge in [-0.1, -0.05) is 20.3 Å². The fourth-order valence-corrected chi connectivity index (χ4v) is 3.89. The molecule has 0 saturated carbocycles. The normalized spacial score (nSPS) is 14.4. The van der Waals surface area contributed by atoms with Crippen molar-refractivity contribution < 1.29 is 18.7 Å². The quantitative estimate of drug-likeness (QED) is 0.715. The monoisotopic (exact) mass is 401 g/mol. The Morgan fingerprint density at radius 1 is 1.38 bits per heavy atom. The van der Waals surface area contributed by atoms with E-state index in [1.54, 1.807) is 29.6 Å². The van der Waals surface area contributed by atoms with Crippen LogP contribution in [-0.4, -0.2) is 40.2 Å². The maximum Gasteiger partial charge on any atom is 0.358 e. The van der Waals surface area contributed by atoms with Gasteiger partial charge in [0.2, 0.25) is 0 Å². The van der Waals surface area contributed by atoms with Crippen LogP contribution in [0.15, 0.2) is 15.3 Å². The van der Waals surface area contributed by atoms with Crippen LogP contribution in [0.3, 0.4) is 0 Å². The highest BCUT2D eigenvalue weighted by molar-refractivity contribution is 5.95. The van der Waals surface area contributed by atoms with Gasteiger partial charge in [-0.2, -0.15) is 5.10 Å². The van der Waals surface area contributed by atoms with Gasteiger partial charge >= 0.3 is 11.6 Å². The van der Waals surface area contributed by atoms with E-state index in [9.17, 15) is 14.4 Å². The molecule has 8 heteroatoms. The molecule has 29 heavy (non-hydrogen) atoms. The lowest BCUT2D eigenvalue weighted by Gasteiger charge is -2.27. The molecule has 0 aromatic carbocycles. The van der Waals surface area contributed by atoms with Crippen LogP contribution in [0.5, 0.6) is 0 Å². The molecule has 3 rings (SSSR count). The van der Waals surface area contributed by atoms with Crippen LogP contribution >= 0.6 is 0 Å². The molecule has 0 fully saturated rings. The predicted molar refractivity (Wildman–Crippen MR) is 106 cm³/mol. The van der Waals surface area contributed by atoms with Crippen molar-refractivity contribution in [3.63, 3.8) is 0 Å². The van der Waals surface area contributed by atoms with Gasteiger partial charge in [-0.3, -0.25) is 9.48 Å². The Labute approximate surface area is 169 Å². The van der Waals surface area contributed by atoms with Crippen molar-refractivity contribution in [2.24, 2.45) is 7.05 Å². The number of fused-ring (bicyclic) bond motifs is 1. The maximum absolute atomic E-state index is 13.1. The maximum atomic E-state index is 13.1. The SMILES string of the molecule is CCCC(C)c1cc(C)c(C(=O)N2CCc3c(c(C(=O)OC)nn3C)C2)c(=O)o1. The smallest absolute Gasteiger partial charge is 0.358 e. The standard InChI is InChI=1S/C21H27N3O5/c1-6-7-12(2)16-10-13(3)17(20(26)29-16)19(25)24-9-8-15-14(11-24)18(21(27)28-5)22-23(15)4/h10,12H,6-9,11H2,1-5H3. The molecule has 1 aliphatic rings. The minimum Gasteiger partial charge on any atom is -0.464 e. The molecule has 8 nitrogen and oxygen atoms in total. The van der Waals surface area contributed by atoms with Crippen molar-refractivity contribution in [2.45, 2.75) is 52.5 Å². The molecule has 0 spiro atoms. The molecular formula is C21H27N3O5. The van der Waals surface area contributed by atoms with Gasteiger partial charge < -0.3 is 14.1 Å². The third kappa shape index (κ3) is 3.83. The van der Waals surface area contributed by atoms with Crippen molar-refractivity contribution in [2.75, 3.05) is 13.7 Å². The van der Waals surface area contributed by atoms with E-state index < -0.39 is 17.5 Å². The van der Waals surface area contributed by atoms with E-state index >= 15 is 0 Å². The average molecular weight is 401 g/mol. The van der Waals surface area contributed by atoms with Crippen molar-refractivity contribution in [1.82, 2.24) is 14.7 Å². The van der Waals surface area contributed by atoms with Crippen LogP contribution in [0.4, 0.5) is 0 Å². The highest BCUT2D eigenvalue weighted by Gasteiger charge is 2.32. The van der Waals surface area contributed by atoms with E-state index in [0.29, 0.717) is 29.9 Å². The predicted octanol–water partition coefficient (Wildman–Crippen LogP) is 2.57. The molecule has 0 saturated heterocycles. The number of carbonyl (C=O) groups is 2. The minimum atomic E-state index is -0.613. The number of aryl methyl sites for hydroxylation is 2. The third-order valence-corrected chi connectivity index (χ3v) is 5.50. The first-order valence-corrected chi connectivity index (χ1v) is 9.85. The Balaban J connectivity index is 1.91. The molecule has 1 unspecified atom stereocenters. The lowest BCUT2D eigenvalue weighted by atomic mass is 9.99. The summed E-state index contributed by atoms with van der Waals surface area (Å²) in [5.74, 6) is -0.212. The number of esters is 1. The second kappa shape index (κ2) is 8.23. The van der Waals surface area contributed by atoms with Gasteiger partial charge in [0.05, 0.1) is 13.7 Å². The van der Waals surface area contributed by atoms with Gasteiger partial charge in [0.25, 0.3) is 5.91 Å². The molecule has 156 valence electrons. The van der Waals surface area contributed by atoms with Crippen molar-refractivity contribution in [3.8, 4) is 0 Å². The number of rotatable bonds is 5. The van der Waals surface area contributed by atoms with Crippen LogP contribution in [0.25, 0.3) is 0 Å². The fraction of sp³-hybridized carbons (Fsp3) is 0.524. The summed E-state index contributed by atoms with van der Waals surface area (Å²) in [5.41, 5.74) is 1.79. The Morgan fingerprint density at radius 2 is 2.10 bits per heavy atom. The van der Waals surface area contributed by atoms with Crippen molar-refractivity contribution in [1.29, 1.82) is 0 Å². The molecule has 0 bridgehead atoms. The van der Waals surface area contributed by atoms with Gasteiger partial charge in [-0.05, 0) is 25.0 Å². The van der Waals surface area contributed by atoms with Crippen LogP contribution < -0.4 is 5.63 Å². The Hall–Kier alpha value is -2.90. The third-order valence-electron chi connectivity index (χ3n) is 5.50. The van der Waals surface area contributed by atoms with Gasteiger partial charge in [-0.15, -0.1) is 0 Å². The number of hydrogen-bond acceptors (Lipinski definition) is 6. The topological polar surface area (TPSA) is 94.6 Å². The Kier molecular flexibility index (Phi) is 5.91. The summed E-state index contributed by atoms with van der Waals surface area (Å²) >= 11 is 0. The molecule has 0 N–H and O–H groups in total. The second-order valence-corrected chi connectivity index (χ2v) is 7.55. The average Bonchev–Trinajstić information content (AvgIpc) is 3.03. The summed E-state index contributed by atoms with van der Waals surface area (Å²) in [7, 11) is 3.06. The largest absolute Gasteiger partial charge is 0.464 e. The first-order chi connectivity index (χ1) is 13.8. The van der Waals surface area contributed by atoms with Crippen LogP contribution in [0.2, 0.25) is 0 Å². The summed E-state index contributed by atoms with van der Waals surface area (Å²) in [5, 5.41) is 4.24. The summed E-state index contributed by atoms with van der Waals surface area (Å²) in [4.78, 5) is 39.4. The molecule has 2 aromatic heterocycles. The van der Waals surface area contributed by atoms with Crippen LogP contribution in [0.1, 0.15) is 76.0 Å². The van der Waals surface area contributed by atoms with Crippen molar-refractivity contribution >= 4 is 11.9 Å². The summed E-state index contributed by atoms with van der Waals surface area (Å²) in [6.45, 7) is 6.46. The second-order valence-electron chi connectivity index (χ2n) is 7.55. The first-order valence-electron chi connectivity index (χ1n) is 9.85. The molecule has 1 amide bonds. The number of ether oxygens (including phenoxy) is 1. The molecule has 3 heterocycles. The highest BCUT2D eigenvalue weighted by atomic mass is 16.5. The highest BCUT2D eigenvalue weighted by Crippen LogP contribution is 2.25. The van der Waals surface area contributed by atoms with Gasteiger partial charge in [0.1, 0.15) is 11.3 Å². The van der Waals surface area contributed by atoms with Crippen molar-refractivity contribution in [3.05, 3.63) is 50.3 Å². The molecule has 2 aromatic rings. The number of methoxy groups -OCH3 is 1. The van der Waals surface area contributed by atoms with E-state index in [-0.39, 0.29) is 23.7 Å². The molecule has 0 radical (unpaired) electrons. The van der Waals surface area contributed by atoms with Gasteiger partial charge in [-0.25, -0.2) is 9.59 Å². The lowest BCUT2D eigenvalue weighted by Crippen LogP contribution is -2.39. The summed E-state index contributed by atoms with van der Waals surface area (Å²) in [6.07, 6.45) is 2.42. The fourth-order valence-electron chi connectivity index (χ4n) is 3.89. The molecule has 1 atom stereocenters. The van der Waals surface area contributed by atoms with E-state index in [2.05, 4.69) is 12.0 Å². The number of nitrogens with zero attached hydrogens (tertiary/aromatic N) is 3. The summed E-state index contributed by atoms with van der Waals surface area (Å²) < 4.78 is 11.9. The van der Waals surface area contributed by atoms with Gasteiger partial charge in [0, 0.05) is 37.2 Å². The zero-order valence-electron chi connectivity index (χ0n) is 17.6. The molecular weight excluding hydrogens is 374 g/mol. The van der Waals surface area contributed by atoms with E-state index in [0.717, 1.165) is 18.5 Å². The molecule has 0 aliphatic carbocycles. The number of carbonyl (C=O) groups excluding carboxylic acids is 2. The van der Waals surface area contributed by atoms with Crippen LogP contribution in [0, 0.1) is 6.92 Å². The van der Waals surface area contributed by atoms with Gasteiger partial charge in [0.15, 0.2) is 5.69 Å². The van der Waals surface area contributed by atoms with E-state index in [4.69, 9.17) is 9.15 Å². The Bertz CT molecular complexity index is 1000. The zero-order chi connectivity index (χ0) is 21.3.